The zero-order valence-corrected chi connectivity index (χ0v) is 9.09. The minimum atomic E-state index is -0.0733. The standard InChI is InChI=1S/C12H21NO/c1-3-5-6-7-8-9-10-11-13-12(14)4-2/h4-6H,2-3,7-11H2,1H3,(H,13,14)/b6-5+. The summed E-state index contributed by atoms with van der Waals surface area (Å²) in [5.74, 6) is -0.0733. The molecule has 0 aliphatic heterocycles. The SMILES string of the molecule is C=CC(=O)NCCCCC/C=C/CC. The van der Waals surface area contributed by atoms with Gasteiger partial charge in [0.1, 0.15) is 0 Å². The first-order chi connectivity index (χ1) is 6.81. The van der Waals surface area contributed by atoms with Crippen molar-refractivity contribution < 1.29 is 4.79 Å². The van der Waals surface area contributed by atoms with Crippen molar-refractivity contribution in [1.29, 1.82) is 0 Å². The maximum atomic E-state index is 10.7. The van der Waals surface area contributed by atoms with Gasteiger partial charge in [0.2, 0.25) is 5.91 Å². The van der Waals surface area contributed by atoms with E-state index in [1.165, 1.54) is 18.9 Å². The molecular weight excluding hydrogens is 174 g/mol. The molecule has 0 aromatic heterocycles. The van der Waals surface area contributed by atoms with Crippen LogP contribution in [0.3, 0.4) is 0 Å². The average Bonchev–Trinajstić information content (AvgIpc) is 2.21. The number of hydrogen-bond acceptors (Lipinski definition) is 1. The first-order valence-electron chi connectivity index (χ1n) is 5.36. The van der Waals surface area contributed by atoms with Crippen LogP contribution in [-0.4, -0.2) is 12.5 Å². The van der Waals surface area contributed by atoms with Gasteiger partial charge in [-0.2, -0.15) is 0 Å². The summed E-state index contributed by atoms with van der Waals surface area (Å²) < 4.78 is 0. The Morgan fingerprint density at radius 3 is 2.71 bits per heavy atom. The molecule has 80 valence electrons. The van der Waals surface area contributed by atoms with Crippen molar-refractivity contribution in [1.82, 2.24) is 5.32 Å². The lowest BCUT2D eigenvalue weighted by atomic mass is 10.2. The lowest BCUT2D eigenvalue weighted by Gasteiger charge is -2.00. The number of nitrogens with one attached hydrogen (secondary N) is 1. The van der Waals surface area contributed by atoms with Crippen molar-refractivity contribution in [3.63, 3.8) is 0 Å². The van der Waals surface area contributed by atoms with Crippen molar-refractivity contribution in [2.75, 3.05) is 6.54 Å². The van der Waals surface area contributed by atoms with Crippen molar-refractivity contribution >= 4 is 5.91 Å². The predicted molar refractivity (Wildman–Crippen MR) is 61.1 cm³/mol. The minimum absolute atomic E-state index is 0.0733. The summed E-state index contributed by atoms with van der Waals surface area (Å²) in [6.07, 6.45) is 11.4. The Labute approximate surface area is 87.1 Å². The van der Waals surface area contributed by atoms with Gasteiger partial charge >= 0.3 is 0 Å². The lowest BCUT2D eigenvalue weighted by molar-refractivity contribution is -0.116. The van der Waals surface area contributed by atoms with Gasteiger partial charge in [-0.1, -0.05) is 32.1 Å². The molecule has 1 N–H and O–H groups in total. The molecule has 0 spiro atoms. The van der Waals surface area contributed by atoms with Crippen molar-refractivity contribution in [2.24, 2.45) is 0 Å². The highest BCUT2D eigenvalue weighted by atomic mass is 16.1. The molecule has 0 heterocycles. The number of carbonyl (C=O) groups is 1. The number of unbranched alkanes of at least 4 members (excludes halogenated alkanes) is 3. The van der Waals surface area contributed by atoms with Crippen LogP contribution in [0.25, 0.3) is 0 Å². The molecule has 0 atom stereocenters. The van der Waals surface area contributed by atoms with Gasteiger partial charge in [-0.15, -0.1) is 0 Å². The molecule has 2 nitrogen and oxygen atoms in total. The summed E-state index contributed by atoms with van der Waals surface area (Å²) >= 11 is 0. The Hall–Kier alpha value is -1.05. The normalized spacial score (nSPS) is 10.4. The molecule has 0 aliphatic carbocycles. The first-order valence-corrected chi connectivity index (χ1v) is 5.36. The summed E-state index contributed by atoms with van der Waals surface area (Å²) in [5.41, 5.74) is 0. The highest BCUT2D eigenvalue weighted by molar-refractivity contribution is 5.86. The second-order valence-electron chi connectivity index (χ2n) is 3.22. The van der Waals surface area contributed by atoms with Crippen LogP contribution in [0.2, 0.25) is 0 Å². The summed E-state index contributed by atoms with van der Waals surface area (Å²) in [4.78, 5) is 10.7. The fraction of sp³-hybridized carbons (Fsp3) is 0.583. The van der Waals surface area contributed by atoms with Gasteiger partial charge in [0.15, 0.2) is 0 Å². The van der Waals surface area contributed by atoms with Crippen LogP contribution in [0.15, 0.2) is 24.8 Å². The van der Waals surface area contributed by atoms with Crippen LogP contribution >= 0.6 is 0 Å². The van der Waals surface area contributed by atoms with Crippen LogP contribution in [0.5, 0.6) is 0 Å². The molecule has 0 saturated heterocycles. The van der Waals surface area contributed by atoms with Gasteiger partial charge in [0.05, 0.1) is 0 Å². The molecule has 0 bridgehead atoms. The number of rotatable bonds is 8. The van der Waals surface area contributed by atoms with Gasteiger partial charge in [0.25, 0.3) is 0 Å². The van der Waals surface area contributed by atoms with E-state index in [4.69, 9.17) is 0 Å². The third kappa shape index (κ3) is 9.04. The third-order valence-corrected chi connectivity index (χ3v) is 1.93. The van der Waals surface area contributed by atoms with Crippen LogP contribution < -0.4 is 5.32 Å². The monoisotopic (exact) mass is 195 g/mol. The van der Waals surface area contributed by atoms with Crippen LogP contribution in [0.4, 0.5) is 0 Å². The second kappa shape index (κ2) is 10.0. The molecule has 0 rings (SSSR count). The summed E-state index contributed by atoms with van der Waals surface area (Å²) in [7, 11) is 0. The van der Waals surface area contributed by atoms with Crippen molar-refractivity contribution in [2.45, 2.75) is 39.0 Å². The highest BCUT2D eigenvalue weighted by Gasteiger charge is 1.92. The molecule has 0 aromatic rings. The molecule has 0 aromatic carbocycles. The second-order valence-corrected chi connectivity index (χ2v) is 3.22. The lowest BCUT2D eigenvalue weighted by Crippen LogP contribution is -2.21. The van der Waals surface area contributed by atoms with Crippen LogP contribution in [0.1, 0.15) is 39.0 Å². The maximum absolute atomic E-state index is 10.7. The molecule has 0 unspecified atom stereocenters. The van der Waals surface area contributed by atoms with Crippen LogP contribution in [-0.2, 0) is 4.79 Å². The van der Waals surface area contributed by atoms with E-state index in [-0.39, 0.29) is 5.91 Å². The van der Waals surface area contributed by atoms with E-state index in [1.54, 1.807) is 0 Å². The third-order valence-electron chi connectivity index (χ3n) is 1.93. The van der Waals surface area contributed by atoms with Gasteiger partial charge in [-0.05, 0) is 31.8 Å². The first kappa shape index (κ1) is 12.9. The molecular formula is C12H21NO. The van der Waals surface area contributed by atoms with E-state index >= 15 is 0 Å². The predicted octanol–water partition coefficient (Wildman–Crippen LogP) is 2.82. The largest absolute Gasteiger partial charge is 0.353 e. The smallest absolute Gasteiger partial charge is 0.243 e. The van der Waals surface area contributed by atoms with Crippen molar-refractivity contribution in [3.8, 4) is 0 Å². The van der Waals surface area contributed by atoms with E-state index < -0.39 is 0 Å². The zero-order valence-electron chi connectivity index (χ0n) is 9.09. The fourth-order valence-electron chi connectivity index (χ4n) is 1.13. The average molecular weight is 195 g/mol. The maximum Gasteiger partial charge on any atom is 0.243 e. The molecule has 2 heteroatoms. The highest BCUT2D eigenvalue weighted by Crippen LogP contribution is 2.00. The van der Waals surface area contributed by atoms with Gasteiger partial charge < -0.3 is 5.32 Å². The molecule has 0 radical (unpaired) electrons. The minimum Gasteiger partial charge on any atom is -0.353 e. The van der Waals surface area contributed by atoms with E-state index in [1.807, 2.05) is 0 Å². The topological polar surface area (TPSA) is 29.1 Å². The fourth-order valence-corrected chi connectivity index (χ4v) is 1.13. The summed E-state index contributed by atoms with van der Waals surface area (Å²) in [5, 5.41) is 2.76. The van der Waals surface area contributed by atoms with Crippen molar-refractivity contribution in [3.05, 3.63) is 24.8 Å². The van der Waals surface area contributed by atoms with Crippen LogP contribution in [0, 0.1) is 0 Å². The Balaban J connectivity index is 3.10. The van der Waals surface area contributed by atoms with E-state index in [0.29, 0.717) is 0 Å². The number of amides is 1. The zero-order chi connectivity index (χ0) is 10.6. The van der Waals surface area contributed by atoms with E-state index in [2.05, 4.69) is 31.0 Å². The van der Waals surface area contributed by atoms with E-state index in [9.17, 15) is 4.79 Å². The Morgan fingerprint density at radius 1 is 1.29 bits per heavy atom. The molecule has 1 amide bonds. The summed E-state index contributed by atoms with van der Waals surface area (Å²) in [6, 6.07) is 0. The number of allylic oxidation sites excluding steroid dienone is 2. The van der Waals surface area contributed by atoms with E-state index in [0.717, 1.165) is 25.8 Å². The molecule has 0 aliphatic rings. The Bertz CT molecular complexity index is 185. The Morgan fingerprint density at radius 2 is 2.07 bits per heavy atom. The summed E-state index contributed by atoms with van der Waals surface area (Å²) in [6.45, 7) is 6.29. The molecule has 14 heavy (non-hydrogen) atoms. The van der Waals surface area contributed by atoms with Gasteiger partial charge in [-0.3, -0.25) is 4.79 Å². The molecule has 0 fully saturated rings. The number of carbonyl (C=O) groups excluding carboxylic acids is 1. The van der Waals surface area contributed by atoms with Gasteiger partial charge in [0, 0.05) is 6.54 Å². The Kier molecular flexibility index (Phi) is 9.28. The quantitative estimate of drug-likeness (QED) is 0.360. The number of hydrogen-bond donors (Lipinski definition) is 1. The van der Waals surface area contributed by atoms with Gasteiger partial charge in [-0.25, -0.2) is 0 Å². The molecule has 0 saturated carbocycles.